The molecule has 0 spiro atoms. The summed E-state index contributed by atoms with van der Waals surface area (Å²) in [5.74, 6) is -0.119. The number of benzene rings is 3. The predicted molar refractivity (Wildman–Crippen MR) is 133 cm³/mol. The van der Waals surface area contributed by atoms with E-state index in [0.717, 1.165) is 11.1 Å². The first kappa shape index (κ1) is 26.7. The number of aliphatic hydroxyl groups is 1. The van der Waals surface area contributed by atoms with Crippen LogP contribution in [0.15, 0.2) is 82.6 Å². The third-order valence-corrected chi connectivity index (χ3v) is 7.17. The Kier molecular flexibility index (Phi) is 9.68. The fourth-order valence-corrected chi connectivity index (χ4v) is 4.90. The second-order valence-electron chi connectivity index (χ2n) is 7.74. The zero-order valence-corrected chi connectivity index (χ0v) is 20.9. The monoisotopic (exact) mass is 517 g/mol. The predicted octanol–water partition coefficient (Wildman–Crippen LogP) is 3.98. The minimum absolute atomic E-state index is 0.126. The lowest BCUT2D eigenvalue weighted by Gasteiger charge is -2.13. The van der Waals surface area contributed by atoms with Crippen molar-refractivity contribution in [2.45, 2.75) is 29.2 Å². The Morgan fingerprint density at radius 2 is 1.77 bits per heavy atom. The zero-order chi connectivity index (χ0) is 25.3. The maximum atomic E-state index is 13.1. The highest BCUT2D eigenvalue weighted by atomic mass is 35.5. The molecule has 3 aromatic rings. The van der Waals surface area contributed by atoms with E-state index in [9.17, 15) is 18.3 Å². The lowest BCUT2D eigenvalue weighted by Crippen LogP contribution is -2.23. The van der Waals surface area contributed by atoms with E-state index in [0.29, 0.717) is 30.3 Å². The normalized spacial score (nSPS) is 12.2. The van der Waals surface area contributed by atoms with Crippen LogP contribution in [0, 0.1) is 0 Å². The van der Waals surface area contributed by atoms with E-state index in [2.05, 4.69) is 5.32 Å². The number of nitrogens with one attached hydrogen (secondary N) is 1. The van der Waals surface area contributed by atoms with Gasteiger partial charge in [-0.2, -0.15) is 0 Å². The van der Waals surface area contributed by atoms with Gasteiger partial charge in [-0.25, -0.2) is 13.2 Å². The fraction of sp³-hybridized carbons (Fsp3) is 0.269. The molecule has 0 aromatic heterocycles. The van der Waals surface area contributed by atoms with Crippen molar-refractivity contribution < 1.29 is 27.8 Å². The molecule has 0 saturated heterocycles. The first-order chi connectivity index (χ1) is 16.8. The molecule has 3 aromatic carbocycles. The molecule has 7 nitrogen and oxygen atoms in total. The smallest absolute Gasteiger partial charge is 0.344 e. The molecular formula is C26H28ClNO6S. The molecule has 0 fully saturated rings. The molecule has 2 N–H and O–H groups in total. The van der Waals surface area contributed by atoms with Crippen molar-refractivity contribution in [1.82, 2.24) is 5.32 Å². The molecule has 0 heterocycles. The zero-order valence-electron chi connectivity index (χ0n) is 19.3. The number of halogens is 1. The maximum Gasteiger partial charge on any atom is 0.344 e. The van der Waals surface area contributed by atoms with Crippen molar-refractivity contribution in [3.05, 3.63) is 88.9 Å². The van der Waals surface area contributed by atoms with Gasteiger partial charge in [0.1, 0.15) is 5.75 Å². The SMILES string of the molecule is CCOC(=O)COc1ccc(S(=O)(=O)c2cccc(CCNC[C@H](O)c3cccc(Cl)c3)c2)cc1. The number of esters is 1. The van der Waals surface area contributed by atoms with Crippen LogP contribution in [0.1, 0.15) is 24.2 Å². The Hall–Kier alpha value is -2.91. The van der Waals surface area contributed by atoms with Crippen molar-refractivity contribution >= 4 is 27.4 Å². The van der Waals surface area contributed by atoms with Gasteiger partial charge in [0.05, 0.1) is 22.5 Å². The summed E-state index contributed by atoms with van der Waals surface area (Å²) in [6.07, 6.45) is -0.101. The molecule has 3 rings (SSSR count). The van der Waals surface area contributed by atoms with Crippen LogP contribution < -0.4 is 10.1 Å². The summed E-state index contributed by atoms with van der Waals surface area (Å²) in [6.45, 7) is 2.64. The van der Waals surface area contributed by atoms with E-state index in [1.165, 1.54) is 24.3 Å². The Morgan fingerprint density at radius 3 is 2.49 bits per heavy atom. The van der Waals surface area contributed by atoms with Gasteiger partial charge in [-0.15, -0.1) is 0 Å². The molecule has 9 heteroatoms. The Bertz CT molecular complexity index is 1230. The second kappa shape index (κ2) is 12.7. The molecule has 0 amide bonds. The maximum absolute atomic E-state index is 13.1. The molecule has 0 radical (unpaired) electrons. The van der Waals surface area contributed by atoms with E-state index in [4.69, 9.17) is 21.1 Å². The van der Waals surface area contributed by atoms with E-state index in [1.54, 1.807) is 43.3 Å². The van der Waals surface area contributed by atoms with Crippen LogP contribution in [0.2, 0.25) is 5.02 Å². The minimum Gasteiger partial charge on any atom is -0.482 e. The largest absolute Gasteiger partial charge is 0.482 e. The van der Waals surface area contributed by atoms with E-state index in [-0.39, 0.29) is 23.0 Å². The van der Waals surface area contributed by atoms with Crippen LogP contribution in [-0.2, 0) is 25.8 Å². The summed E-state index contributed by atoms with van der Waals surface area (Å²) >= 11 is 5.97. The number of hydrogen-bond donors (Lipinski definition) is 2. The van der Waals surface area contributed by atoms with Gasteiger partial charge in [0.25, 0.3) is 0 Å². The Morgan fingerprint density at radius 1 is 1.03 bits per heavy atom. The van der Waals surface area contributed by atoms with Crippen LogP contribution in [0.25, 0.3) is 0 Å². The molecule has 0 saturated carbocycles. The van der Waals surface area contributed by atoms with Gasteiger partial charge in [0, 0.05) is 11.6 Å². The lowest BCUT2D eigenvalue weighted by atomic mass is 10.1. The minimum atomic E-state index is -3.72. The van der Waals surface area contributed by atoms with Gasteiger partial charge < -0.3 is 19.9 Å². The summed E-state index contributed by atoms with van der Waals surface area (Å²) in [4.78, 5) is 11.7. The average molecular weight is 518 g/mol. The van der Waals surface area contributed by atoms with Crippen molar-refractivity contribution in [2.75, 3.05) is 26.3 Å². The molecule has 1 atom stereocenters. The van der Waals surface area contributed by atoms with Crippen LogP contribution >= 0.6 is 11.6 Å². The molecule has 0 unspecified atom stereocenters. The summed E-state index contributed by atoms with van der Waals surface area (Å²) in [6, 6.07) is 19.7. The van der Waals surface area contributed by atoms with Gasteiger partial charge in [-0.3, -0.25) is 0 Å². The van der Waals surface area contributed by atoms with Gasteiger partial charge in [0.2, 0.25) is 9.84 Å². The molecule has 0 bridgehead atoms. The number of aliphatic hydroxyl groups excluding tert-OH is 1. The van der Waals surface area contributed by atoms with Crippen LogP contribution in [-0.4, -0.2) is 45.8 Å². The molecule has 0 aliphatic carbocycles. The highest BCUT2D eigenvalue weighted by molar-refractivity contribution is 7.91. The highest BCUT2D eigenvalue weighted by Crippen LogP contribution is 2.24. The van der Waals surface area contributed by atoms with Crippen molar-refractivity contribution in [3.63, 3.8) is 0 Å². The molecule has 186 valence electrons. The number of rotatable bonds is 12. The molecule has 0 aliphatic rings. The standard InChI is InChI=1S/C26H28ClNO6S/c1-2-33-26(30)18-34-22-9-11-23(12-10-22)35(31,32)24-8-3-5-19(15-24)13-14-28-17-25(29)20-6-4-7-21(27)16-20/h3-12,15-16,25,28-29H,2,13-14,17-18H2,1H3/t25-/m0/s1. The summed E-state index contributed by atoms with van der Waals surface area (Å²) in [5, 5.41) is 14.0. The van der Waals surface area contributed by atoms with E-state index in [1.807, 2.05) is 12.1 Å². The number of carbonyl (C=O) groups is 1. The summed E-state index contributed by atoms with van der Waals surface area (Å²) in [5.41, 5.74) is 1.58. The molecule has 35 heavy (non-hydrogen) atoms. The van der Waals surface area contributed by atoms with E-state index >= 15 is 0 Å². The summed E-state index contributed by atoms with van der Waals surface area (Å²) < 4.78 is 36.3. The fourth-order valence-electron chi connectivity index (χ4n) is 3.37. The van der Waals surface area contributed by atoms with Crippen LogP contribution in [0.3, 0.4) is 0 Å². The third-order valence-electron chi connectivity index (χ3n) is 5.17. The van der Waals surface area contributed by atoms with Crippen molar-refractivity contribution in [2.24, 2.45) is 0 Å². The van der Waals surface area contributed by atoms with Gasteiger partial charge >= 0.3 is 5.97 Å². The van der Waals surface area contributed by atoms with Gasteiger partial charge in [-0.05, 0) is 79.5 Å². The second-order valence-corrected chi connectivity index (χ2v) is 10.1. The third kappa shape index (κ3) is 7.80. The lowest BCUT2D eigenvalue weighted by molar-refractivity contribution is -0.145. The van der Waals surface area contributed by atoms with Crippen molar-refractivity contribution in [1.29, 1.82) is 0 Å². The highest BCUT2D eigenvalue weighted by Gasteiger charge is 2.18. The molecular weight excluding hydrogens is 490 g/mol. The Balaban J connectivity index is 1.56. The van der Waals surface area contributed by atoms with E-state index < -0.39 is 21.9 Å². The molecule has 0 aliphatic heterocycles. The topological polar surface area (TPSA) is 102 Å². The van der Waals surface area contributed by atoms with Gasteiger partial charge in [0.15, 0.2) is 6.61 Å². The summed E-state index contributed by atoms with van der Waals surface area (Å²) in [7, 11) is -3.72. The first-order valence-electron chi connectivity index (χ1n) is 11.2. The number of hydrogen-bond acceptors (Lipinski definition) is 7. The first-order valence-corrected chi connectivity index (χ1v) is 13.0. The number of sulfone groups is 1. The van der Waals surface area contributed by atoms with Crippen LogP contribution in [0.4, 0.5) is 0 Å². The Labute approximate surface area is 210 Å². The van der Waals surface area contributed by atoms with Crippen LogP contribution in [0.5, 0.6) is 5.75 Å². The van der Waals surface area contributed by atoms with Gasteiger partial charge in [-0.1, -0.05) is 35.9 Å². The average Bonchev–Trinajstić information content (AvgIpc) is 2.86. The van der Waals surface area contributed by atoms with Crippen molar-refractivity contribution in [3.8, 4) is 5.75 Å². The number of carbonyl (C=O) groups excluding carboxylic acids is 1. The quantitative estimate of drug-likeness (QED) is 0.277. The number of ether oxygens (including phenoxy) is 2.